The van der Waals surface area contributed by atoms with Crippen molar-refractivity contribution >= 4 is 55.0 Å². The molecule has 3 heterocycles. The average molecular weight is 479 g/mol. The molecule has 2 aromatic heterocycles. The van der Waals surface area contributed by atoms with Crippen molar-refractivity contribution in [1.29, 1.82) is 0 Å². The molecule has 0 aliphatic carbocycles. The molecule has 2 amide bonds. The fourth-order valence-electron chi connectivity index (χ4n) is 3.77. The number of thiazole rings is 2. The highest BCUT2D eigenvalue weighted by Crippen LogP contribution is 2.33. The normalized spacial score (nSPS) is 13.6. The topological polar surface area (TPSA) is 75.6 Å². The Morgan fingerprint density at radius 3 is 2.79 bits per heavy atom. The molecule has 5 rings (SSSR count). The number of carbonyl (C=O) groups is 2. The summed E-state index contributed by atoms with van der Waals surface area (Å²) in [6, 6.07) is 15.6. The van der Waals surface area contributed by atoms with Crippen LogP contribution in [0.4, 0.5) is 10.3 Å². The number of methoxy groups -OCH3 is 1. The lowest BCUT2D eigenvalue weighted by Crippen LogP contribution is -2.31. The summed E-state index contributed by atoms with van der Waals surface area (Å²) in [5.41, 5.74) is 2.51. The Morgan fingerprint density at radius 2 is 2.03 bits per heavy atom. The van der Waals surface area contributed by atoms with E-state index in [0.29, 0.717) is 35.5 Å². The van der Waals surface area contributed by atoms with Crippen LogP contribution in [0.5, 0.6) is 5.75 Å². The third-order valence-electron chi connectivity index (χ3n) is 5.48. The quantitative estimate of drug-likeness (QED) is 0.386. The lowest BCUT2D eigenvalue weighted by atomic mass is 10.2. The molecule has 0 unspecified atom stereocenters. The van der Waals surface area contributed by atoms with Crippen molar-refractivity contribution in [3.05, 3.63) is 65.2 Å². The van der Waals surface area contributed by atoms with Gasteiger partial charge in [-0.15, -0.1) is 11.3 Å². The Balaban J connectivity index is 1.42. The molecule has 1 aliphatic heterocycles. The molecular weight excluding hydrogens is 456 g/mol. The predicted octanol–water partition coefficient (Wildman–Crippen LogP) is 4.66. The van der Waals surface area contributed by atoms with E-state index < -0.39 is 0 Å². The first-order valence-electron chi connectivity index (χ1n) is 10.6. The van der Waals surface area contributed by atoms with E-state index in [1.807, 2.05) is 53.9 Å². The van der Waals surface area contributed by atoms with Crippen LogP contribution in [0.2, 0.25) is 0 Å². The standard InChI is InChI=1S/C24H22N4O3S2/c1-31-18-9-10-19-20(13-18)33-24(26-19)28(14-16-6-3-2-4-7-16)22(30)12-17-15-32-23(25-17)27-11-5-8-21(27)29/h2-4,6-7,9-10,13,15H,5,8,11-12,14H2,1H3. The largest absolute Gasteiger partial charge is 0.497 e. The van der Waals surface area contributed by atoms with Gasteiger partial charge in [-0.1, -0.05) is 41.7 Å². The zero-order valence-electron chi connectivity index (χ0n) is 18.1. The number of anilines is 2. The van der Waals surface area contributed by atoms with E-state index in [1.54, 1.807) is 16.9 Å². The van der Waals surface area contributed by atoms with Crippen LogP contribution in [0, 0.1) is 0 Å². The number of hydrogen-bond donors (Lipinski definition) is 0. The SMILES string of the molecule is COc1ccc2nc(N(Cc3ccccc3)C(=O)Cc3csc(N4CCCC4=O)n3)sc2c1. The van der Waals surface area contributed by atoms with Gasteiger partial charge in [0, 0.05) is 18.3 Å². The Labute approximate surface area is 199 Å². The summed E-state index contributed by atoms with van der Waals surface area (Å²) >= 11 is 2.87. The predicted molar refractivity (Wildman–Crippen MR) is 131 cm³/mol. The van der Waals surface area contributed by atoms with Crippen LogP contribution in [-0.4, -0.2) is 35.4 Å². The van der Waals surface area contributed by atoms with Gasteiger partial charge in [-0.05, 0) is 30.2 Å². The minimum Gasteiger partial charge on any atom is -0.497 e. The lowest BCUT2D eigenvalue weighted by molar-refractivity contribution is -0.118. The van der Waals surface area contributed by atoms with Gasteiger partial charge in [0.2, 0.25) is 11.8 Å². The Morgan fingerprint density at radius 1 is 1.18 bits per heavy atom. The van der Waals surface area contributed by atoms with E-state index in [4.69, 9.17) is 9.72 Å². The fourth-order valence-corrected chi connectivity index (χ4v) is 5.64. The molecule has 1 aliphatic rings. The van der Waals surface area contributed by atoms with Crippen LogP contribution in [0.1, 0.15) is 24.1 Å². The van der Waals surface area contributed by atoms with E-state index >= 15 is 0 Å². The van der Waals surface area contributed by atoms with Crippen LogP contribution in [-0.2, 0) is 22.6 Å². The molecule has 0 bridgehead atoms. The molecule has 1 saturated heterocycles. The highest BCUT2D eigenvalue weighted by Gasteiger charge is 2.26. The Bertz CT molecular complexity index is 1300. The van der Waals surface area contributed by atoms with Crippen molar-refractivity contribution in [1.82, 2.24) is 9.97 Å². The number of fused-ring (bicyclic) bond motifs is 1. The van der Waals surface area contributed by atoms with E-state index in [9.17, 15) is 9.59 Å². The number of rotatable bonds is 7. The molecule has 33 heavy (non-hydrogen) atoms. The Hall–Kier alpha value is -3.30. The van der Waals surface area contributed by atoms with E-state index in [-0.39, 0.29) is 18.2 Å². The summed E-state index contributed by atoms with van der Waals surface area (Å²) in [7, 11) is 1.63. The molecule has 9 heteroatoms. The van der Waals surface area contributed by atoms with E-state index in [1.165, 1.54) is 22.7 Å². The number of amides is 2. The van der Waals surface area contributed by atoms with Gasteiger partial charge in [-0.2, -0.15) is 0 Å². The van der Waals surface area contributed by atoms with Crippen molar-refractivity contribution in [2.24, 2.45) is 0 Å². The molecule has 7 nitrogen and oxygen atoms in total. The molecule has 0 saturated carbocycles. The molecule has 1 fully saturated rings. The lowest BCUT2D eigenvalue weighted by Gasteiger charge is -2.19. The second-order valence-corrected chi connectivity index (χ2v) is 9.59. The first-order valence-corrected chi connectivity index (χ1v) is 12.3. The third kappa shape index (κ3) is 4.60. The first kappa shape index (κ1) is 21.5. The number of nitrogens with zero attached hydrogens (tertiary/aromatic N) is 4. The molecule has 0 atom stereocenters. The van der Waals surface area contributed by atoms with Crippen LogP contribution >= 0.6 is 22.7 Å². The van der Waals surface area contributed by atoms with Crippen molar-refractivity contribution in [3.8, 4) is 5.75 Å². The van der Waals surface area contributed by atoms with Crippen molar-refractivity contribution in [2.45, 2.75) is 25.8 Å². The molecule has 2 aromatic carbocycles. The maximum Gasteiger partial charge on any atom is 0.235 e. The van der Waals surface area contributed by atoms with Gasteiger partial charge in [-0.3, -0.25) is 19.4 Å². The van der Waals surface area contributed by atoms with Crippen LogP contribution in [0.3, 0.4) is 0 Å². The fraction of sp³-hybridized carbons (Fsp3) is 0.250. The maximum absolute atomic E-state index is 13.5. The molecular formula is C24H22N4O3S2. The maximum atomic E-state index is 13.5. The van der Waals surface area contributed by atoms with Gasteiger partial charge in [0.15, 0.2) is 10.3 Å². The van der Waals surface area contributed by atoms with Gasteiger partial charge in [0.25, 0.3) is 0 Å². The summed E-state index contributed by atoms with van der Waals surface area (Å²) in [4.78, 5) is 38.2. The summed E-state index contributed by atoms with van der Waals surface area (Å²) in [6.45, 7) is 1.10. The van der Waals surface area contributed by atoms with Crippen molar-refractivity contribution in [3.63, 3.8) is 0 Å². The zero-order chi connectivity index (χ0) is 22.8. The summed E-state index contributed by atoms with van der Waals surface area (Å²) in [5, 5.41) is 3.17. The summed E-state index contributed by atoms with van der Waals surface area (Å²) < 4.78 is 6.29. The minimum absolute atomic E-state index is 0.0885. The number of carbonyl (C=O) groups excluding carboxylic acids is 2. The molecule has 4 aromatic rings. The number of benzene rings is 2. The minimum atomic E-state index is -0.0885. The van der Waals surface area contributed by atoms with Gasteiger partial charge in [-0.25, -0.2) is 9.97 Å². The average Bonchev–Trinajstić information content (AvgIpc) is 3.57. The van der Waals surface area contributed by atoms with Crippen molar-refractivity contribution < 1.29 is 14.3 Å². The van der Waals surface area contributed by atoms with Gasteiger partial charge >= 0.3 is 0 Å². The summed E-state index contributed by atoms with van der Waals surface area (Å²) in [6.07, 6.45) is 1.55. The summed E-state index contributed by atoms with van der Waals surface area (Å²) in [5.74, 6) is 0.761. The second-order valence-electron chi connectivity index (χ2n) is 7.74. The smallest absolute Gasteiger partial charge is 0.235 e. The van der Waals surface area contributed by atoms with Crippen molar-refractivity contribution in [2.75, 3.05) is 23.5 Å². The number of hydrogen-bond acceptors (Lipinski definition) is 7. The zero-order valence-corrected chi connectivity index (χ0v) is 19.7. The molecule has 0 radical (unpaired) electrons. The van der Waals surface area contributed by atoms with Crippen LogP contribution < -0.4 is 14.5 Å². The molecule has 0 N–H and O–H groups in total. The van der Waals surface area contributed by atoms with Gasteiger partial charge in [0.05, 0.1) is 36.0 Å². The van der Waals surface area contributed by atoms with Crippen LogP contribution in [0.25, 0.3) is 10.2 Å². The second kappa shape index (κ2) is 9.29. The number of ether oxygens (including phenoxy) is 1. The monoisotopic (exact) mass is 478 g/mol. The van der Waals surface area contributed by atoms with E-state index in [0.717, 1.165) is 28.0 Å². The van der Waals surface area contributed by atoms with Gasteiger partial charge < -0.3 is 4.74 Å². The highest BCUT2D eigenvalue weighted by atomic mass is 32.1. The first-order chi connectivity index (χ1) is 16.1. The number of aromatic nitrogens is 2. The van der Waals surface area contributed by atoms with Crippen LogP contribution in [0.15, 0.2) is 53.9 Å². The third-order valence-corrected chi connectivity index (χ3v) is 7.43. The Kier molecular flexibility index (Phi) is 6.06. The molecule has 0 spiro atoms. The highest BCUT2D eigenvalue weighted by molar-refractivity contribution is 7.22. The van der Waals surface area contributed by atoms with E-state index in [2.05, 4.69) is 4.98 Å². The van der Waals surface area contributed by atoms with Gasteiger partial charge in [0.1, 0.15) is 5.75 Å². The molecule has 168 valence electrons.